The fourth-order valence-corrected chi connectivity index (χ4v) is 3.27. The van der Waals surface area contributed by atoms with Crippen molar-refractivity contribution in [1.29, 1.82) is 0 Å². The molecule has 1 atom stereocenters. The van der Waals surface area contributed by atoms with Crippen LogP contribution in [0.15, 0.2) is 34.1 Å². The van der Waals surface area contributed by atoms with Crippen molar-refractivity contribution in [2.75, 3.05) is 12.8 Å². The predicted molar refractivity (Wildman–Crippen MR) is 83.1 cm³/mol. The number of hydrogen-bond acceptors (Lipinski definition) is 3. The number of benzene rings is 1. The van der Waals surface area contributed by atoms with Gasteiger partial charge in [0.1, 0.15) is 0 Å². The topological polar surface area (TPSA) is 38.0 Å². The highest BCUT2D eigenvalue weighted by Crippen LogP contribution is 2.28. The van der Waals surface area contributed by atoms with E-state index in [9.17, 15) is 0 Å². The molecule has 1 heterocycles. The van der Waals surface area contributed by atoms with E-state index in [1.807, 2.05) is 19.2 Å². The Labute approximate surface area is 120 Å². The summed E-state index contributed by atoms with van der Waals surface area (Å²) in [6.07, 6.45) is 0.902. The van der Waals surface area contributed by atoms with E-state index < -0.39 is 0 Å². The van der Waals surface area contributed by atoms with Gasteiger partial charge in [0.15, 0.2) is 0 Å². The summed E-state index contributed by atoms with van der Waals surface area (Å²) in [6.45, 7) is 2.16. The van der Waals surface area contributed by atoms with Crippen LogP contribution < -0.4 is 11.1 Å². The summed E-state index contributed by atoms with van der Waals surface area (Å²) in [5.41, 5.74) is 9.43. The van der Waals surface area contributed by atoms with Crippen molar-refractivity contribution in [3.05, 3.63) is 50.1 Å². The lowest BCUT2D eigenvalue weighted by Crippen LogP contribution is -2.19. The van der Waals surface area contributed by atoms with Crippen LogP contribution in [-0.4, -0.2) is 7.05 Å². The molecule has 96 valence electrons. The second-order valence-electron chi connectivity index (χ2n) is 4.32. The molecular weight excluding hydrogens is 308 g/mol. The Balaban J connectivity index is 2.26. The Morgan fingerprint density at radius 2 is 2.17 bits per heavy atom. The number of nitrogens with two attached hydrogens (primary N) is 1. The van der Waals surface area contributed by atoms with Gasteiger partial charge in [-0.05, 0) is 61.2 Å². The Morgan fingerprint density at radius 3 is 2.78 bits per heavy atom. The molecular formula is C14H17BrN2S. The van der Waals surface area contributed by atoms with E-state index in [1.165, 1.54) is 16.0 Å². The van der Waals surface area contributed by atoms with Crippen LogP contribution in [0.1, 0.15) is 22.0 Å². The van der Waals surface area contributed by atoms with Crippen molar-refractivity contribution >= 4 is 33.0 Å². The summed E-state index contributed by atoms with van der Waals surface area (Å²) in [5.74, 6) is 0. The third-order valence-corrected chi connectivity index (χ3v) is 4.51. The van der Waals surface area contributed by atoms with Crippen molar-refractivity contribution < 1.29 is 0 Å². The lowest BCUT2D eigenvalue weighted by Gasteiger charge is -2.18. The van der Waals surface area contributed by atoms with Gasteiger partial charge >= 0.3 is 0 Å². The molecule has 0 aliphatic heterocycles. The molecule has 0 saturated carbocycles. The van der Waals surface area contributed by atoms with Crippen LogP contribution in [0.4, 0.5) is 5.69 Å². The fraction of sp³-hybridized carbons (Fsp3) is 0.286. The van der Waals surface area contributed by atoms with Gasteiger partial charge in [0.25, 0.3) is 0 Å². The van der Waals surface area contributed by atoms with Crippen LogP contribution in [0.25, 0.3) is 0 Å². The number of thiophene rings is 1. The molecule has 0 amide bonds. The second-order valence-corrected chi connectivity index (χ2v) is 6.36. The molecule has 0 aliphatic carbocycles. The number of hydrogen-bond donors (Lipinski definition) is 2. The molecule has 4 heteroatoms. The number of nitrogen functional groups attached to an aromatic ring is 1. The lowest BCUT2D eigenvalue weighted by molar-refractivity contribution is 0.592. The Morgan fingerprint density at radius 1 is 1.39 bits per heavy atom. The predicted octanol–water partition coefficient (Wildman–Crippen LogP) is 3.90. The Hall–Kier alpha value is -0.840. The minimum Gasteiger partial charge on any atom is -0.399 e. The first-order chi connectivity index (χ1) is 8.61. The van der Waals surface area contributed by atoms with E-state index in [1.54, 1.807) is 11.3 Å². The van der Waals surface area contributed by atoms with Crippen molar-refractivity contribution in [2.24, 2.45) is 0 Å². The smallest absolute Gasteiger partial charge is 0.0370 e. The molecule has 0 aliphatic rings. The summed E-state index contributed by atoms with van der Waals surface area (Å²) >= 11 is 5.28. The van der Waals surface area contributed by atoms with Crippen LogP contribution in [-0.2, 0) is 6.42 Å². The third-order valence-electron chi connectivity index (χ3n) is 3.15. The first-order valence-corrected chi connectivity index (χ1v) is 7.54. The first kappa shape index (κ1) is 13.6. The molecule has 0 saturated heterocycles. The lowest BCUT2D eigenvalue weighted by atomic mass is 9.98. The van der Waals surface area contributed by atoms with E-state index in [-0.39, 0.29) is 0 Å². The van der Waals surface area contributed by atoms with Crippen molar-refractivity contribution in [3.63, 3.8) is 0 Å². The second kappa shape index (κ2) is 5.87. The van der Waals surface area contributed by atoms with Crippen LogP contribution in [0.2, 0.25) is 0 Å². The fourth-order valence-electron chi connectivity index (χ4n) is 2.09. The maximum Gasteiger partial charge on any atom is 0.0370 e. The van der Waals surface area contributed by atoms with Gasteiger partial charge in [-0.2, -0.15) is 0 Å². The molecule has 1 aromatic heterocycles. The van der Waals surface area contributed by atoms with Gasteiger partial charge in [0, 0.05) is 21.1 Å². The molecule has 18 heavy (non-hydrogen) atoms. The molecule has 3 N–H and O–H groups in total. The first-order valence-electron chi connectivity index (χ1n) is 5.87. The minimum atomic E-state index is 0.313. The van der Waals surface area contributed by atoms with Crippen LogP contribution in [0.5, 0.6) is 0 Å². The van der Waals surface area contributed by atoms with Gasteiger partial charge < -0.3 is 11.1 Å². The summed E-state index contributed by atoms with van der Waals surface area (Å²) in [7, 11) is 2.00. The zero-order valence-electron chi connectivity index (χ0n) is 10.5. The highest BCUT2D eigenvalue weighted by Gasteiger charge is 2.14. The van der Waals surface area contributed by atoms with Crippen molar-refractivity contribution in [2.45, 2.75) is 19.4 Å². The Kier molecular flexibility index (Phi) is 4.43. The highest BCUT2D eigenvalue weighted by molar-refractivity contribution is 9.10. The van der Waals surface area contributed by atoms with E-state index in [4.69, 9.17) is 5.73 Å². The van der Waals surface area contributed by atoms with E-state index in [0.29, 0.717) is 6.04 Å². The molecule has 2 nitrogen and oxygen atoms in total. The number of rotatable bonds is 4. The normalized spacial score (nSPS) is 12.6. The molecule has 0 radical (unpaired) electrons. The van der Waals surface area contributed by atoms with Gasteiger partial charge in [-0.3, -0.25) is 0 Å². The Bertz CT molecular complexity index is 536. The quantitative estimate of drug-likeness (QED) is 0.837. The van der Waals surface area contributed by atoms with Gasteiger partial charge in [0.05, 0.1) is 0 Å². The highest BCUT2D eigenvalue weighted by atomic mass is 79.9. The number of nitrogens with one attached hydrogen (secondary N) is 1. The van der Waals surface area contributed by atoms with Crippen LogP contribution in [0, 0.1) is 6.92 Å². The molecule has 1 aromatic carbocycles. The van der Waals surface area contributed by atoms with Crippen molar-refractivity contribution in [3.8, 4) is 0 Å². The maximum atomic E-state index is 6.04. The van der Waals surface area contributed by atoms with E-state index in [2.05, 4.69) is 45.7 Å². The molecule has 1 unspecified atom stereocenters. The molecule has 2 rings (SSSR count). The summed E-state index contributed by atoms with van der Waals surface area (Å²) in [5, 5.41) is 5.51. The van der Waals surface area contributed by atoms with E-state index >= 15 is 0 Å². The number of anilines is 1. The molecule has 0 fully saturated rings. The number of aryl methyl sites for hydroxylation is 1. The molecule has 0 bridgehead atoms. The largest absolute Gasteiger partial charge is 0.399 e. The van der Waals surface area contributed by atoms with Gasteiger partial charge in [-0.1, -0.05) is 15.9 Å². The van der Waals surface area contributed by atoms with Crippen LogP contribution in [0.3, 0.4) is 0 Å². The van der Waals surface area contributed by atoms with Gasteiger partial charge in [0.2, 0.25) is 0 Å². The third kappa shape index (κ3) is 2.94. The minimum absolute atomic E-state index is 0.313. The summed E-state index contributed by atoms with van der Waals surface area (Å²) in [6, 6.07) is 8.53. The molecule has 0 spiro atoms. The average molecular weight is 325 g/mol. The number of halogens is 1. The van der Waals surface area contributed by atoms with Crippen LogP contribution >= 0.6 is 27.3 Å². The van der Waals surface area contributed by atoms with Crippen molar-refractivity contribution in [1.82, 2.24) is 5.32 Å². The molecule has 2 aromatic rings. The monoisotopic (exact) mass is 324 g/mol. The summed E-state index contributed by atoms with van der Waals surface area (Å²) in [4.78, 5) is 1.36. The number of likely N-dealkylation sites (N-methyl/N-ethyl adjacent to an activating group) is 1. The summed E-state index contributed by atoms with van der Waals surface area (Å²) < 4.78 is 1.07. The maximum absolute atomic E-state index is 6.04. The van der Waals surface area contributed by atoms with E-state index in [0.717, 1.165) is 16.6 Å². The SMILES string of the molecule is CNC(Cc1cc(Br)ccc1N)c1ccsc1C. The zero-order chi connectivity index (χ0) is 13.1. The van der Waals surface area contributed by atoms with Gasteiger partial charge in [-0.25, -0.2) is 0 Å². The van der Waals surface area contributed by atoms with Gasteiger partial charge in [-0.15, -0.1) is 11.3 Å². The average Bonchev–Trinajstić information content (AvgIpc) is 2.77. The standard InChI is InChI=1S/C14H17BrN2S/c1-9-12(5-6-18-9)14(17-2)8-10-7-11(15)3-4-13(10)16/h3-7,14,17H,8,16H2,1-2H3. The zero-order valence-corrected chi connectivity index (χ0v) is 12.9.